The molecular weight excluding hydrogens is 202 g/mol. The molecule has 84 valence electrons. The highest BCUT2D eigenvalue weighted by atomic mass is 16.5. The molecule has 1 aromatic rings. The van der Waals surface area contributed by atoms with Crippen molar-refractivity contribution in [1.29, 1.82) is 0 Å². The molecule has 2 rings (SSSR count). The lowest BCUT2D eigenvalue weighted by molar-refractivity contribution is 0.254. The van der Waals surface area contributed by atoms with Gasteiger partial charge in [0.15, 0.2) is 0 Å². The second kappa shape index (κ2) is 4.11. The lowest BCUT2D eigenvalue weighted by Crippen LogP contribution is -2.32. The topological polar surface area (TPSA) is 38.7 Å². The summed E-state index contributed by atoms with van der Waals surface area (Å²) in [6, 6.07) is 5.92. The molecular formula is C13H15NO2. The van der Waals surface area contributed by atoms with E-state index in [4.69, 9.17) is 4.74 Å². The van der Waals surface area contributed by atoms with Gasteiger partial charge < -0.3 is 4.74 Å². The predicted molar refractivity (Wildman–Crippen MR) is 61.4 cm³/mol. The summed E-state index contributed by atoms with van der Waals surface area (Å²) in [5.41, 5.74) is 1.92. The zero-order valence-electron chi connectivity index (χ0n) is 9.62. The number of aliphatic imine (C=N–C) groups is 1. The highest BCUT2D eigenvalue weighted by Gasteiger charge is 2.40. The molecule has 1 aliphatic carbocycles. The van der Waals surface area contributed by atoms with Crippen LogP contribution in [0.2, 0.25) is 0 Å². The van der Waals surface area contributed by atoms with E-state index >= 15 is 0 Å². The minimum Gasteiger partial charge on any atom is -0.497 e. The maximum absolute atomic E-state index is 10.5. The summed E-state index contributed by atoms with van der Waals surface area (Å²) >= 11 is 0. The molecule has 0 unspecified atom stereocenters. The molecule has 0 N–H and O–H groups in total. The summed E-state index contributed by atoms with van der Waals surface area (Å²) in [6.45, 7) is 2.04. The molecule has 0 bridgehead atoms. The Bertz CT molecular complexity index is 443. The number of methoxy groups -OCH3 is 1. The molecule has 16 heavy (non-hydrogen) atoms. The van der Waals surface area contributed by atoms with E-state index in [1.807, 2.05) is 25.1 Å². The van der Waals surface area contributed by atoms with E-state index in [1.54, 1.807) is 13.2 Å². The van der Waals surface area contributed by atoms with E-state index in [-0.39, 0.29) is 5.54 Å². The van der Waals surface area contributed by atoms with Gasteiger partial charge in [0.2, 0.25) is 6.08 Å². The fourth-order valence-corrected chi connectivity index (χ4v) is 2.27. The number of carbonyl (C=O) groups excluding carboxylic acids is 1. The Morgan fingerprint density at radius 1 is 1.44 bits per heavy atom. The Labute approximate surface area is 95.2 Å². The van der Waals surface area contributed by atoms with Crippen LogP contribution in [0.4, 0.5) is 0 Å². The molecule has 0 spiro atoms. The van der Waals surface area contributed by atoms with E-state index in [0.29, 0.717) is 0 Å². The van der Waals surface area contributed by atoms with Gasteiger partial charge in [-0.2, -0.15) is 4.99 Å². The first kappa shape index (κ1) is 10.9. The number of nitrogens with zero attached hydrogens (tertiary/aromatic N) is 1. The number of isocyanates is 1. The predicted octanol–water partition coefficient (Wildman–Crippen LogP) is 2.72. The van der Waals surface area contributed by atoms with Crippen LogP contribution in [-0.2, 0) is 10.3 Å². The monoisotopic (exact) mass is 217 g/mol. The first-order chi connectivity index (χ1) is 7.72. The van der Waals surface area contributed by atoms with Crippen LogP contribution in [0.1, 0.15) is 30.4 Å². The SMILES string of the molecule is COc1ccc(C)c(C2(N=C=O)CCC2)c1. The summed E-state index contributed by atoms with van der Waals surface area (Å²) in [6.07, 6.45) is 4.67. The quantitative estimate of drug-likeness (QED) is 0.576. The van der Waals surface area contributed by atoms with Crippen molar-refractivity contribution in [2.45, 2.75) is 31.7 Å². The molecule has 0 atom stereocenters. The van der Waals surface area contributed by atoms with Gasteiger partial charge in [-0.25, -0.2) is 4.79 Å². The highest BCUT2D eigenvalue weighted by molar-refractivity contribution is 5.45. The third kappa shape index (κ3) is 1.63. The number of rotatable bonds is 3. The number of hydrogen-bond acceptors (Lipinski definition) is 3. The Balaban J connectivity index is 2.48. The molecule has 0 heterocycles. The third-order valence-corrected chi connectivity index (χ3v) is 3.39. The van der Waals surface area contributed by atoms with Crippen molar-refractivity contribution in [3.63, 3.8) is 0 Å². The van der Waals surface area contributed by atoms with E-state index in [9.17, 15) is 4.79 Å². The van der Waals surface area contributed by atoms with Crippen LogP contribution in [0.15, 0.2) is 23.2 Å². The van der Waals surface area contributed by atoms with Gasteiger partial charge in [0.05, 0.1) is 12.6 Å². The lowest BCUT2D eigenvalue weighted by Gasteiger charge is -2.38. The average molecular weight is 217 g/mol. The average Bonchev–Trinajstić information content (AvgIpc) is 2.25. The molecule has 0 saturated heterocycles. The highest BCUT2D eigenvalue weighted by Crippen LogP contribution is 2.46. The van der Waals surface area contributed by atoms with Gasteiger partial charge >= 0.3 is 0 Å². The Hall–Kier alpha value is -1.60. The van der Waals surface area contributed by atoms with Gasteiger partial charge in [-0.3, -0.25) is 0 Å². The van der Waals surface area contributed by atoms with Crippen molar-refractivity contribution in [3.8, 4) is 5.75 Å². The normalized spacial score (nSPS) is 17.1. The summed E-state index contributed by atoms with van der Waals surface area (Å²) in [5, 5.41) is 0. The summed E-state index contributed by atoms with van der Waals surface area (Å²) in [5.74, 6) is 0.813. The van der Waals surface area contributed by atoms with E-state index < -0.39 is 0 Å². The molecule has 1 aromatic carbocycles. The zero-order valence-corrected chi connectivity index (χ0v) is 9.62. The Morgan fingerprint density at radius 2 is 2.19 bits per heavy atom. The largest absolute Gasteiger partial charge is 0.497 e. The first-order valence-electron chi connectivity index (χ1n) is 5.46. The van der Waals surface area contributed by atoms with Gasteiger partial charge in [0.1, 0.15) is 5.75 Å². The lowest BCUT2D eigenvalue weighted by atomic mass is 9.71. The minimum absolute atomic E-state index is 0.333. The minimum atomic E-state index is -0.333. The Morgan fingerprint density at radius 3 is 2.69 bits per heavy atom. The fourth-order valence-electron chi connectivity index (χ4n) is 2.27. The maximum Gasteiger partial charge on any atom is 0.235 e. The fraction of sp³-hybridized carbons (Fsp3) is 0.462. The van der Waals surface area contributed by atoms with Crippen LogP contribution in [0.5, 0.6) is 5.75 Å². The molecule has 1 fully saturated rings. The molecule has 0 radical (unpaired) electrons. The maximum atomic E-state index is 10.5. The summed E-state index contributed by atoms with van der Waals surface area (Å²) in [7, 11) is 1.64. The number of hydrogen-bond donors (Lipinski definition) is 0. The van der Waals surface area contributed by atoms with E-state index in [0.717, 1.165) is 36.1 Å². The molecule has 3 heteroatoms. The van der Waals surface area contributed by atoms with Crippen LogP contribution in [0.25, 0.3) is 0 Å². The van der Waals surface area contributed by atoms with Crippen LogP contribution >= 0.6 is 0 Å². The van der Waals surface area contributed by atoms with Crippen molar-refractivity contribution < 1.29 is 9.53 Å². The van der Waals surface area contributed by atoms with Gasteiger partial charge in [0, 0.05) is 0 Å². The molecule has 1 saturated carbocycles. The second-order valence-electron chi connectivity index (χ2n) is 4.27. The Kier molecular flexibility index (Phi) is 2.80. The molecule has 0 aliphatic heterocycles. The van der Waals surface area contributed by atoms with Crippen LogP contribution in [0, 0.1) is 6.92 Å². The summed E-state index contributed by atoms with van der Waals surface area (Å²) < 4.78 is 5.21. The number of aryl methyl sites for hydroxylation is 1. The van der Waals surface area contributed by atoms with E-state index in [2.05, 4.69) is 4.99 Å². The molecule has 3 nitrogen and oxygen atoms in total. The number of benzene rings is 1. The van der Waals surface area contributed by atoms with Gasteiger partial charge in [-0.1, -0.05) is 6.07 Å². The van der Waals surface area contributed by atoms with Crippen LogP contribution in [0.3, 0.4) is 0 Å². The van der Waals surface area contributed by atoms with Crippen molar-refractivity contribution >= 4 is 6.08 Å². The second-order valence-corrected chi connectivity index (χ2v) is 4.27. The summed E-state index contributed by atoms with van der Waals surface area (Å²) in [4.78, 5) is 14.5. The molecule has 1 aliphatic rings. The van der Waals surface area contributed by atoms with E-state index in [1.165, 1.54) is 0 Å². The molecule has 0 aromatic heterocycles. The van der Waals surface area contributed by atoms with Crippen molar-refractivity contribution in [1.82, 2.24) is 0 Å². The zero-order chi connectivity index (χ0) is 11.6. The van der Waals surface area contributed by atoms with Gasteiger partial charge in [0.25, 0.3) is 0 Å². The van der Waals surface area contributed by atoms with Crippen molar-refractivity contribution in [3.05, 3.63) is 29.3 Å². The first-order valence-corrected chi connectivity index (χ1v) is 5.46. The van der Waals surface area contributed by atoms with Crippen LogP contribution < -0.4 is 4.74 Å². The van der Waals surface area contributed by atoms with Crippen LogP contribution in [-0.4, -0.2) is 13.2 Å². The standard InChI is InChI=1S/C13H15NO2/c1-10-4-5-11(16-2)8-12(10)13(14-9-15)6-3-7-13/h4-5,8H,3,6-7H2,1-2H3. The van der Waals surface area contributed by atoms with Crippen molar-refractivity contribution in [2.24, 2.45) is 4.99 Å². The number of ether oxygens (including phenoxy) is 1. The van der Waals surface area contributed by atoms with Crippen molar-refractivity contribution in [2.75, 3.05) is 7.11 Å². The third-order valence-electron chi connectivity index (χ3n) is 3.39. The molecule has 0 amide bonds. The van der Waals surface area contributed by atoms with Gasteiger partial charge in [-0.05, 0) is 49.4 Å². The van der Waals surface area contributed by atoms with Gasteiger partial charge in [-0.15, -0.1) is 0 Å². The smallest absolute Gasteiger partial charge is 0.235 e.